The van der Waals surface area contributed by atoms with Crippen LogP contribution >= 0.6 is 11.3 Å². The zero-order valence-electron chi connectivity index (χ0n) is 13.7. The lowest BCUT2D eigenvalue weighted by atomic mass is 10.1. The van der Waals surface area contributed by atoms with Crippen molar-refractivity contribution in [3.63, 3.8) is 0 Å². The summed E-state index contributed by atoms with van der Waals surface area (Å²) >= 11 is 1.76. The smallest absolute Gasteiger partial charge is 0.238 e. The molecule has 1 atom stereocenters. The summed E-state index contributed by atoms with van der Waals surface area (Å²) in [6.07, 6.45) is 4.98. The fourth-order valence-electron chi connectivity index (χ4n) is 3.27. The number of nitrogens with two attached hydrogens (primary N) is 1. The van der Waals surface area contributed by atoms with Crippen molar-refractivity contribution in [3.8, 4) is 0 Å². The Kier molecular flexibility index (Phi) is 3.98. The van der Waals surface area contributed by atoms with Crippen molar-refractivity contribution in [2.75, 3.05) is 5.32 Å². The molecule has 0 spiro atoms. The van der Waals surface area contributed by atoms with Gasteiger partial charge in [0.2, 0.25) is 10.0 Å². The number of nitrogens with one attached hydrogen (secondary N) is 1. The minimum Gasteiger partial charge on any atom is -0.363 e. The quantitative estimate of drug-likeness (QED) is 0.731. The van der Waals surface area contributed by atoms with Gasteiger partial charge in [-0.25, -0.2) is 23.5 Å². The summed E-state index contributed by atoms with van der Waals surface area (Å²) in [5.74, 6) is 0.840. The van der Waals surface area contributed by atoms with Crippen molar-refractivity contribution in [2.24, 2.45) is 5.14 Å². The molecule has 4 rings (SSSR count). The van der Waals surface area contributed by atoms with E-state index < -0.39 is 10.0 Å². The van der Waals surface area contributed by atoms with Crippen LogP contribution in [0.4, 0.5) is 5.82 Å². The Balaban J connectivity index is 1.65. The van der Waals surface area contributed by atoms with Crippen LogP contribution in [0.5, 0.6) is 0 Å². The van der Waals surface area contributed by atoms with Crippen LogP contribution < -0.4 is 10.5 Å². The normalized spacial score (nSPS) is 15.3. The molecule has 8 heteroatoms. The van der Waals surface area contributed by atoms with Crippen LogP contribution in [0.25, 0.3) is 10.2 Å². The molecule has 0 radical (unpaired) electrons. The van der Waals surface area contributed by atoms with Gasteiger partial charge < -0.3 is 5.32 Å². The standard InChI is InChI=1S/C17H18N4O2S2/c1-10(11-5-7-12(8-6-11)25(18,22)23)21-16-15-13-3-2-4-14(13)24-17(15)20-9-19-16/h5-10H,2-4H2,1H3,(H2,18,22,23)(H,19,20,21)/t10-/m1/s1. The fourth-order valence-corrected chi connectivity index (χ4v) is 5.02. The molecular formula is C17H18N4O2S2. The lowest BCUT2D eigenvalue weighted by Gasteiger charge is -2.16. The van der Waals surface area contributed by atoms with E-state index in [9.17, 15) is 8.42 Å². The third-order valence-corrected chi connectivity index (χ3v) is 6.69. The largest absolute Gasteiger partial charge is 0.363 e. The molecule has 2 aromatic heterocycles. The third-order valence-electron chi connectivity index (χ3n) is 4.56. The molecule has 0 aliphatic heterocycles. The summed E-state index contributed by atoms with van der Waals surface area (Å²) in [6.45, 7) is 2.02. The van der Waals surface area contributed by atoms with Gasteiger partial charge in [0.25, 0.3) is 0 Å². The first-order valence-electron chi connectivity index (χ1n) is 8.08. The van der Waals surface area contributed by atoms with Crippen molar-refractivity contribution in [2.45, 2.75) is 37.1 Å². The van der Waals surface area contributed by atoms with Crippen LogP contribution in [-0.4, -0.2) is 18.4 Å². The molecule has 1 aliphatic rings. The molecule has 3 aromatic rings. The molecule has 0 bridgehead atoms. The maximum Gasteiger partial charge on any atom is 0.238 e. The first-order valence-corrected chi connectivity index (χ1v) is 10.4. The summed E-state index contributed by atoms with van der Waals surface area (Å²) in [7, 11) is -3.67. The maximum absolute atomic E-state index is 11.4. The van der Waals surface area contributed by atoms with Crippen LogP contribution in [0.3, 0.4) is 0 Å². The number of sulfonamides is 1. The number of fused-ring (bicyclic) bond motifs is 3. The van der Waals surface area contributed by atoms with E-state index in [2.05, 4.69) is 15.3 Å². The molecular weight excluding hydrogens is 356 g/mol. The number of hydrogen-bond donors (Lipinski definition) is 2. The van der Waals surface area contributed by atoms with E-state index in [0.29, 0.717) is 0 Å². The number of primary sulfonamides is 1. The van der Waals surface area contributed by atoms with Gasteiger partial charge in [0, 0.05) is 10.9 Å². The molecule has 0 fully saturated rings. The Morgan fingerprint density at radius 1 is 1.20 bits per heavy atom. The number of aromatic nitrogens is 2. The van der Waals surface area contributed by atoms with Gasteiger partial charge in [-0.2, -0.15) is 0 Å². The lowest BCUT2D eigenvalue weighted by molar-refractivity contribution is 0.597. The minimum absolute atomic E-state index is 0.0235. The first kappa shape index (κ1) is 16.4. The van der Waals surface area contributed by atoms with E-state index >= 15 is 0 Å². The van der Waals surface area contributed by atoms with Gasteiger partial charge in [-0.1, -0.05) is 12.1 Å². The highest BCUT2D eigenvalue weighted by molar-refractivity contribution is 7.89. The Labute approximate surface area is 150 Å². The molecule has 3 N–H and O–H groups in total. The van der Waals surface area contributed by atoms with Crippen molar-refractivity contribution < 1.29 is 8.42 Å². The predicted octanol–water partition coefficient (Wildman–Crippen LogP) is 3.00. The molecule has 130 valence electrons. The first-order chi connectivity index (χ1) is 11.9. The SMILES string of the molecule is C[C@@H](Nc1ncnc2sc3c(c12)CCC3)c1ccc(S(N)(=O)=O)cc1. The van der Waals surface area contributed by atoms with Crippen LogP contribution in [0, 0.1) is 0 Å². The monoisotopic (exact) mass is 374 g/mol. The summed E-state index contributed by atoms with van der Waals surface area (Å²) < 4.78 is 22.8. The number of benzene rings is 1. The number of thiophene rings is 1. The number of nitrogens with zero attached hydrogens (tertiary/aromatic N) is 2. The predicted molar refractivity (Wildman–Crippen MR) is 99.3 cm³/mol. The summed E-state index contributed by atoms with van der Waals surface area (Å²) in [5, 5.41) is 9.73. The second-order valence-electron chi connectivity index (χ2n) is 6.24. The summed E-state index contributed by atoms with van der Waals surface area (Å²) in [4.78, 5) is 11.4. The van der Waals surface area contributed by atoms with E-state index in [-0.39, 0.29) is 10.9 Å². The molecule has 0 unspecified atom stereocenters. The number of rotatable bonds is 4. The van der Waals surface area contributed by atoms with Crippen molar-refractivity contribution in [3.05, 3.63) is 46.6 Å². The second kappa shape index (κ2) is 6.05. The van der Waals surface area contributed by atoms with Crippen LogP contribution in [-0.2, 0) is 22.9 Å². The molecule has 0 saturated heterocycles. The highest BCUT2D eigenvalue weighted by Gasteiger charge is 2.22. The molecule has 6 nitrogen and oxygen atoms in total. The van der Waals surface area contributed by atoms with Gasteiger partial charge >= 0.3 is 0 Å². The van der Waals surface area contributed by atoms with Crippen LogP contribution in [0.1, 0.15) is 35.4 Å². The van der Waals surface area contributed by atoms with Crippen molar-refractivity contribution in [1.29, 1.82) is 0 Å². The zero-order valence-corrected chi connectivity index (χ0v) is 15.3. The number of anilines is 1. The van der Waals surface area contributed by atoms with E-state index in [1.807, 2.05) is 6.92 Å². The summed E-state index contributed by atoms with van der Waals surface area (Å²) in [5.41, 5.74) is 2.34. The molecule has 2 heterocycles. The topological polar surface area (TPSA) is 98.0 Å². The second-order valence-corrected chi connectivity index (χ2v) is 8.88. The lowest BCUT2D eigenvalue weighted by Crippen LogP contribution is -2.13. The maximum atomic E-state index is 11.4. The van der Waals surface area contributed by atoms with E-state index in [1.165, 1.54) is 29.0 Å². The molecule has 0 saturated carbocycles. The van der Waals surface area contributed by atoms with Gasteiger partial charge in [0.05, 0.1) is 10.3 Å². The number of hydrogen-bond acceptors (Lipinski definition) is 6. The van der Waals surface area contributed by atoms with Crippen LogP contribution in [0.2, 0.25) is 0 Å². The Morgan fingerprint density at radius 3 is 2.68 bits per heavy atom. The Bertz CT molecular complexity index is 1040. The van der Waals surface area contributed by atoms with E-state index in [1.54, 1.807) is 29.8 Å². The van der Waals surface area contributed by atoms with Gasteiger partial charge in [-0.15, -0.1) is 11.3 Å². The average Bonchev–Trinajstić information content (AvgIpc) is 3.15. The highest BCUT2D eigenvalue weighted by atomic mass is 32.2. The Hall–Kier alpha value is -2.03. The number of aryl methyl sites for hydroxylation is 2. The third kappa shape index (κ3) is 3.01. The van der Waals surface area contributed by atoms with Gasteiger partial charge in [0.1, 0.15) is 17.0 Å². The van der Waals surface area contributed by atoms with Gasteiger partial charge in [-0.05, 0) is 49.4 Å². The average molecular weight is 374 g/mol. The van der Waals surface area contributed by atoms with Gasteiger partial charge in [-0.3, -0.25) is 0 Å². The molecule has 25 heavy (non-hydrogen) atoms. The highest BCUT2D eigenvalue weighted by Crippen LogP contribution is 2.39. The van der Waals surface area contributed by atoms with Crippen molar-refractivity contribution >= 4 is 37.4 Å². The Morgan fingerprint density at radius 2 is 1.96 bits per heavy atom. The van der Waals surface area contributed by atoms with E-state index in [4.69, 9.17) is 5.14 Å². The summed E-state index contributed by atoms with van der Waals surface area (Å²) in [6, 6.07) is 6.58. The molecule has 0 amide bonds. The zero-order chi connectivity index (χ0) is 17.6. The minimum atomic E-state index is -3.67. The molecule has 1 aromatic carbocycles. The van der Waals surface area contributed by atoms with Crippen molar-refractivity contribution in [1.82, 2.24) is 9.97 Å². The van der Waals surface area contributed by atoms with E-state index in [0.717, 1.165) is 34.4 Å². The molecule has 1 aliphatic carbocycles. The fraction of sp³-hybridized carbons (Fsp3) is 0.294. The van der Waals surface area contributed by atoms with Crippen LogP contribution in [0.15, 0.2) is 35.5 Å². The van der Waals surface area contributed by atoms with Gasteiger partial charge in [0.15, 0.2) is 0 Å².